The maximum absolute atomic E-state index is 12.4. The van der Waals surface area contributed by atoms with Gasteiger partial charge >= 0.3 is 5.97 Å². The van der Waals surface area contributed by atoms with E-state index in [-0.39, 0.29) is 18.4 Å². The molecule has 2 N–H and O–H groups in total. The maximum Gasteiger partial charge on any atom is 0.304 e. The lowest BCUT2D eigenvalue weighted by Gasteiger charge is -2.25. The molecule has 0 unspecified atom stereocenters. The summed E-state index contributed by atoms with van der Waals surface area (Å²) in [6.07, 6.45) is 5.90. The molecule has 0 radical (unpaired) electrons. The molecule has 4 nitrogen and oxygen atoms in total. The number of hydrogen-bond acceptors (Lipinski definition) is 2. The molecule has 1 aliphatic rings. The number of carbonyl (C=O) groups is 2. The number of amides is 1. The monoisotopic (exact) mass is 303 g/mol. The molecule has 0 spiro atoms. The Morgan fingerprint density at radius 1 is 1.18 bits per heavy atom. The van der Waals surface area contributed by atoms with E-state index in [4.69, 9.17) is 5.11 Å². The van der Waals surface area contributed by atoms with Crippen molar-refractivity contribution < 1.29 is 14.7 Å². The summed E-state index contributed by atoms with van der Waals surface area (Å²) in [5, 5.41) is 12.1. The van der Waals surface area contributed by atoms with Crippen molar-refractivity contribution in [3.8, 4) is 0 Å². The molecule has 1 amide bonds. The Morgan fingerprint density at radius 3 is 2.41 bits per heavy atom. The molecular formula is C18H25NO3. The third kappa shape index (κ3) is 5.17. The second-order valence-electron chi connectivity index (χ2n) is 6.33. The van der Waals surface area contributed by atoms with Crippen molar-refractivity contribution in [1.29, 1.82) is 0 Å². The van der Waals surface area contributed by atoms with Crippen LogP contribution in [0.25, 0.3) is 0 Å². The zero-order valence-electron chi connectivity index (χ0n) is 13.2. The first kappa shape index (κ1) is 16.5. The molecule has 4 heteroatoms. The Balaban J connectivity index is 1.99. The second-order valence-corrected chi connectivity index (χ2v) is 6.33. The van der Waals surface area contributed by atoms with Gasteiger partial charge in [-0.05, 0) is 31.7 Å². The van der Waals surface area contributed by atoms with Gasteiger partial charge in [0.05, 0.1) is 12.3 Å². The topological polar surface area (TPSA) is 66.4 Å². The molecule has 1 aliphatic carbocycles. The van der Waals surface area contributed by atoms with E-state index in [1.165, 1.54) is 6.42 Å². The van der Waals surface area contributed by atoms with Gasteiger partial charge in [0.15, 0.2) is 0 Å². The SMILES string of the molecule is Cc1ccc(C[C@H](CC(=O)O)C(=O)NC2CCCCC2)cc1. The molecule has 1 aromatic carbocycles. The van der Waals surface area contributed by atoms with Crippen molar-refractivity contribution in [3.05, 3.63) is 35.4 Å². The third-order valence-electron chi connectivity index (χ3n) is 4.35. The fourth-order valence-corrected chi connectivity index (χ4v) is 3.04. The summed E-state index contributed by atoms with van der Waals surface area (Å²) < 4.78 is 0. The Hall–Kier alpha value is -1.84. The number of rotatable bonds is 6. The van der Waals surface area contributed by atoms with Crippen molar-refractivity contribution in [1.82, 2.24) is 5.32 Å². The summed E-state index contributed by atoms with van der Waals surface area (Å²) in [6, 6.07) is 8.14. The van der Waals surface area contributed by atoms with Crippen LogP contribution in [-0.2, 0) is 16.0 Å². The molecule has 0 bridgehead atoms. The summed E-state index contributed by atoms with van der Waals surface area (Å²) in [4.78, 5) is 23.5. The zero-order chi connectivity index (χ0) is 15.9. The lowest BCUT2D eigenvalue weighted by molar-refractivity contribution is -0.141. The molecule has 120 valence electrons. The van der Waals surface area contributed by atoms with Crippen LogP contribution in [0.1, 0.15) is 49.7 Å². The molecule has 0 saturated heterocycles. The normalized spacial score (nSPS) is 17.0. The maximum atomic E-state index is 12.4. The highest BCUT2D eigenvalue weighted by Gasteiger charge is 2.25. The first-order valence-corrected chi connectivity index (χ1v) is 8.12. The van der Waals surface area contributed by atoms with Crippen LogP contribution in [0.3, 0.4) is 0 Å². The van der Waals surface area contributed by atoms with E-state index in [1.807, 2.05) is 31.2 Å². The molecule has 0 heterocycles. The summed E-state index contributed by atoms with van der Waals surface area (Å²) in [5.74, 6) is -1.53. The van der Waals surface area contributed by atoms with Crippen molar-refractivity contribution in [2.24, 2.45) is 5.92 Å². The fourth-order valence-electron chi connectivity index (χ4n) is 3.04. The highest BCUT2D eigenvalue weighted by atomic mass is 16.4. The van der Waals surface area contributed by atoms with E-state index >= 15 is 0 Å². The van der Waals surface area contributed by atoms with Crippen molar-refractivity contribution in [2.45, 2.75) is 57.9 Å². The van der Waals surface area contributed by atoms with Gasteiger partial charge in [0.1, 0.15) is 0 Å². The van der Waals surface area contributed by atoms with E-state index in [2.05, 4.69) is 5.32 Å². The van der Waals surface area contributed by atoms with Crippen LogP contribution in [0.5, 0.6) is 0 Å². The number of carboxylic acid groups (broad SMARTS) is 1. The highest BCUT2D eigenvalue weighted by Crippen LogP contribution is 2.19. The van der Waals surface area contributed by atoms with Gasteiger partial charge in [-0.3, -0.25) is 9.59 Å². The first-order valence-electron chi connectivity index (χ1n) is 8.12. The minimum atomic E-state index is -0.920. The van der Waals surface area contributed by atoms with Crippen LogP contribution in [-0.4, -0.2) is 23.0 Å². The Labute approximate surface area is 131 Å². The number of hydrogen-bond donors (Lipinski definition) is 2. The van der Waals surface area contributed by atoms with Gasteiger partial charge in [-0.2, -0.15) is 0 Å². The zero-order valence-corrected chi connectivity index (χ0v) is 13.2. The van der Waals surface area contributed by atoms with Crippen LogP contribution in [0.15, 0.2) is 24.3 Å². The predicted molar refractivity (Wildman–Crippen MR) is 85.6 cm³/mol. The van der Waals surface area contributed by atoms with Crippen molar-refractivity contribution in [3.63, 3.8) is 0 Å². The smallest absolute Gasteiger partial charge is 0.304 e. The second kappa shape index (κ2) is 7.97. The third-order valence-corrected chi connectivity index (χ3v) is 4.35. The standard InChI is InChI=1S/C18H25NO3/c1-13-7-9-14(10-8-13)11-15(12-17(20)21)18(22)19-16-5-3-2-4-6-16/h7-10,15-16H,2-6,11-12H2,1H3,(H,19,22)(H,20,21)/t15-/m1/s1. The molecule has 1 fully saturated rings. The Kier molecular flexibility index (Phi) is 5.99. The number of carbonyl (C=O) groups excluding carboxylic acids is 1. The van der Waals surface area contributed by atoms with Gasteiger partial charge in [-0.15, -0.1) is 0 Å². The number of benzene rings is 1. The minimum Gasteiger partial charge on any atom is -0.481 e. The van der Waals surface area contributed by atoms with Crippen molar-refractivity contribution >= 4 is 11.9 Å². The number of carboxylic acids is 1. The van der Waals surface area contributed by atoms with E-state index in [1.54, 1.807) is 0 Å². The average molecular weight is 303 g/mol. The van der Waals surface area contributed by atoms with Crippen LogP contribution in [0, 0.1) is 12.8 Å². The lowest BCUT2D eigenvalue weighted by Crippen LogP contribution is -2.41. The Bertz CT molecular complexity index is 504. The van der Waals surface area contributed by atoms with E-state index in [9.17, 15) is 9.59 Å². The van der Waals surface area contributed by atoms with Gasteiger partial charge in [0, 0.05) is 6.04 Å². The number of aliphatic carboxylic acids is 1. The van der Waals surface area contributed by atoms with Gasteiger partial charge in [0.2, 0.25) is 5.91 Å². The van der Waals surface area contributed by atoms with E-state index in [0.717, 1.165) is 36.8 Å². The van der Waals surface area contributed by atoms with Crippen molar-refractivity contribution in [2.75, 3.05) is 0 Å². The molecule has 0 aliphatic heterocycles. The first-order chi connectivity index (χ1) is 10.5. The fraction of sp³-hybridized carbons (Fsp3) is 0.556. The van der Waals surface area contributed by atoms with Gasteiger partial charge < -0.3 is 10.4 Å². The van der Waals surface area contributed by atoms with Gasteiger partial charge in [0.25, 0.3) is 0 Å². The largest absolute Gasteiger partial charge is 0.481 e. The minimum absolute atomic E-state index is 0.116. The summed E-state index contributed by atoms with van der Waals surface area (Å²) in [6.45, 7) is 2.01. The molecule has 2 rings (SSSR count). The number of aryl methyl sites for hydroxylation is 1. The summed E-state index contributed by atoms with van der Waals surface area (Å²) in [7, 11) is 0. The molecular weight excluding hydrogens is 278 g/mol. The van der Waals surface area contributed by atoms with Crippen LogP contribution < -0.4 is 5.32 Å². The summed E-state index contributed by atoms with van der Waals surface area (Å²) >= 11 is 0. The Morgan fingerprint density at radius 2 is 1.82 bits per heavy atom. The van der Waals surface area contributed by atoms with E-state index in [0.29, 0.717) is 6.42 Å². The van der Waals surface area contributed by atoms with Crippen LogP contribution >= 0.6 is 0 Å². The molecule has 1 saturated carbocycles. The molecule has 1 atom stereocenters. The molecule has 22 heavy (non-hydrogen) atoms. The summed E-state index contributed by atoms with van der Waals surface area (Å²) in [5.41, 5.74) is 2.17. The average Bonchev–Trinajstić information content (AvgIpc) is 2.49. The van der Waals surface area contributed by atoms with Gasteiger partial charge in [-0.1, -0.05) is 49.1 Å². The van der Waals surface area contributed by atoms with Crippen LogP contribution in [0.4, 0.5) is 0 Å². The molecule has 0 aromatic heterocycles. The van der Waals surface area contributed by atoms with Crippen LogP contribution in [0.2, 0.25) is 0 Å². The van der Waals surface area contributed by atoms with E-state index < -0.39 is 11.9 Å². The quantitative estimate of drug-likeness (QED) is 0.848. The lowest BCUT2D eigenvalue weighted by atomic mass is 9.92. The number of nitrogens with one attached hydrogen (secondary N) is 1. The highest BCUT2D eigenvalue weighted by molar-refractivity contribution is 5.83. The predicted octanol–water partition coefficient (Wildman–Crippen LogP) is 3.08. The molecule has 1 aromatic rings. The van der Waals surface area contributed by atoms with Gasteiger partial charge in [-0.25, -0.2) is 0 Å².